The zero-order valence-corrected chi connectivity index (χ0v) is 18.5. The highest BCUT2D eigenvalue weighted by Gasteiger charge is 2.37. The third-order valence-electron chi connectivity index (χ3n) is 5.04. The van der Waals surface area contributed by atoms with Crippen LogP contribution in [-0.2, 0) is 0 Å². The normalized spacial score (nSPS) is 16.9. The van der Waals surface area contributed by atoms with Crippen LogP contribution in [0.1, 0.15) is 0 Å². The number of hydrogen-bond donors (Lipinski definition) is 0. The Kier molecular flexibility index (Phi) is 7.12. The van der Waals surface area contributed by atoms with E-state index in [2.05, 4.69) is 93.1 Å². The number of nitrogens with zero attached hydrogens (tertiary/aromatic N) is 3. The highest BCUT2D eigenvalue weighted by molar-refractivity contribution is 6.90. The summed E-state index contributed by atoms with van der Waals surface area (Å²) < 4.78 is 7.69. The van der Waals surface area contributed by atoms with Gasteiger partial charge >= 0.3 is 0 Å². The van der Waals surface area contributed by atoms with E-state index in [4.69, 9.17) is 0 Å². The molecule has 0 saturated heterocycles. The van der Waals surface area contributed by atoms with Crippen molar-refractivity contribution in [1.82, 2.24) is 13.4 Å². The third-order valence-corrected chi connectivity index (χ3v) is 18.5. The maximum atomic E-state index is 4.08. The quantitative estimate of drug-likeness (QED) is 0.632. The topological polar surface area (TPSA) is 9.72 Å². The molecule has 0 aliphatic heterocycles. The molecule has 0 spiro atoms. The SMILES string of the molecule is C=C[Si](C)(N(C)C)N(C)CC[Si](C)(C)N(C)[Si](C)(C)C. The molecule has 6 heteroatoms. The van der Waals surface area contributed by atoms with E-state index < -0.39 is 24.9 Å². The first-order valence-corrected chi connectivity index (χ1v) is 16.6. The third kappa shape index (κ3) is 4.92. The largest absolute Gasteiger partial charge is 0.348 e. The van der Waals surface area contributed by atoms with Crippen LogP contribution in [0.5, 0.6) is 0 Å². The summed E-state index contributed by atoms with van der Waals surface area (Å²) >= 11 is 0. The van der Waals surface area contributed by atoms with Crippen LogP contribution in [0.2, 0.25) is 45.3 Å². The van der Waals surface area contributed by atoms with Gasteiger partial charge in [0.05, 0.1) is 0 Å². The molecule has 20 heavy (non-hydrogen) atoms. The summed E-state index contributed by atoms with van der Waals surface area (Å²) in [4.78, 5) is 0. The lowest BCUT2D eigenvalue weighted by Gasteiger charge is -2.45. The van der Waals surface area contributed by atoms with Crippen LogP contribution in [0.15, 0.2) is 12.3 Å². The summed E-state index contributed by atoms with van der Waals surface area (Å²) in [6.45, 7) is 20.0. The zero-order chi connectivity index (χ0) is 16.4. The summed E-state index contributed by atoms with van der Waals surface area (Å²) in [6, 6.07) is 1.33. The van der Waals surface area contributed by atoms with Crippen molar-refractivity contribution in [2.75, 3.05) is 34.7 Å². The number of hydrogen-bond acceptors (Lipinski definition) is 3. The minimum Gasteiger partial charge on any atom is -0.348 e. The molecule has 0 aliphatic rings. The Morgan fingerprint density at radius 2 is 1.35 bits per heavy atom. The minimum absolute atomic E-state index is 1.18. The fraction of sp³-hybridized carbons (Fsp3) is 0.857. The lowest BCUT2D eigenvalue weighted by atomic mass is 10.8. The summed E-state index contributed by atoms with van der Waals surface area (Å²) in [5.41, 5.74) is 2.18. The van der Waals surface area contributed by atoms with E-state index in [9.17, 15) is 0 Å². The van der Waals surface area contributed by atoms with E-state index in [0.29, 0.717) is 0 Å². The van der Waals surface area contributed by atoms with Crippen LogP contribution in [0, 0.1) is 0 Å². The van der Waals surface area contributed by atoms with Gasteiger partial charge in [-0.05, 0) is 47.3 Å². The fourth-order valence-electron chi connectivity index (χ4n) is 2.42. The molecule has 0 aromatic carbocycles. The van der Waals surface area contributed by atoms with Gasteiger partial charge < -0.3 is 13.4 Å². The van der Waals surface area contributed by atoms with Crippen molar-refractivity contribution in [3.8, 4) is 0 Å². The van der Waals surface area contributed by atoms with Gasteiger partial charge in [-0.1, -0.05) is 38.4 Å². The predicted octanol–water partition coefficient (Wildman–Crippen LogP) is 3.25. The van der Waals surface area contributed by atoms with Crippen LogP contribution in [0.3, 0.4) is 0 Å². The van der Waals surface area contributed by atoms with Crippen molar-refractivity contribution in [3.63, 3.8) is 0 Å². The average Bonchev–Trinajstić information content (AvgIpc) is 2.32. The Morgan fingerprint density at radius 1 is 0.900 bits per heavy atom. The Bertz CT molecular complexity index is 326. The van der Waals surface area contributed by atoms with Gasteiger partial charge in [0, 0.05) is 0 Å². The second-order valence-corrected chi connectivity index (χ2v) is 22.4. The summed E-state index contributed by atoms with van der Waals surface area (Å²) in [7, 11) is 4.86. The van der Waals surface area contributed by atoms with Crippen molar-refractivity contribution in [2.24, 2.45) is 0 Å². The van der Waals surface area contributed by atoms with Crippen molar-refractivity contribution in [2.45, 2.75) is 45.3 Å². The van der Waals surface area contributed by atoms with Gasteiger partial charge in [-0.3, -0.25) is 0 Å². The average molecular weight is 332 g/mol. The van der Waals surface area contributed by atoms with Gasteiger partial charge in [0.1, 0.15) is 16.5 Å². The molecule has 0 amide bonds. The van der Waals surface area contributed by atoms with Gasteiger partial charge in [0.15, 0.2) is 0 Å². The molecule has 0 N–H and O–H groups in total. The van der Waals surface area contributed by atoms with Crippen LogP contribution >= 0.6 is 0 Å². The molecule has 0 fully saturated rings. The van der Waals surface area contributed by atoms with E-state index in [1.807, 2.05) is 0 Å². The van der Waals surface area contributed by atoms with Gasteiger partial charge in [0.2, 0.25) is 8.40 Å². The molecule has 0 rings (SSSR count). The van der Waals surface area contributed by atoms with Crippen molar-refractivity contribution in [1.29, 1.82) is 0 Å². The molecule has 0 bridgehead atoms. The molecule has 1 unspecified atom stereocenters. The van der Waals surface area contributed by atoms with E-state index in [1.54, 1.807) is 0 Å². The monoisotopic (exact) mass is 331 g/mol. The molecule has 0 radical (unpaired) electrons. The molecule has 0 saturated carbocycles. The molecule has 3 nitrogen and oxygen atoms in total. The molecule has 0 aromatic rings. The van der Waals surface area contributed by atoms with Crippen LogP contribution < -0.4 is 0 Å². The fourth-order valence-corrected chi connectivity index (χ4v) is 13.4. The van der Waals surface area contributed by atoms with Crippen LogP contribution in [0.4, 0.5) is 0 Å². The summed E-state index contributed by atoms with van der Waals surface area (Å²) in [6.07, 6.45) is 0. The van der Waals surface area contributed by atoms with Gasteiger partial charge in [0.25, 0.3) is 0 Å². The molecule has 0 aliphatic carbocycles. The van der Waals surface area contributed by atoms with E-state index in [-0.39, 0.29) is 0 Å². The van der Waals surface area contributed by atoms with Gasteiger partial charge in [-0.15, -0.1) is 6.58 Å². The van der Waals surface area contributed by atoms with Gasteiger partial charge in [-0.2, -0.15) is 0 Å². The standard InChI is InChI=1S/C14H37N3Si3/c1-12-20(11,15(2)3)16(4)13-14-19(9,10)17(5)18(6,7)8/h12H,1,13-14H2,2-11H3. The number of rotatable bonds is 8. The Hall–Kier alpha value is 0.271. The summed E-state index contributed by atoms with van der Waals surface area (Å²) in [5.74, 6) is 0. The first kappa shape index (κ1) is 20.3. The minimum atomic E-state index is -1.64. The highest BCUT2D eigenvalue weighted by Crippen LogP contribution is 2.22. The second kappa shape index (κ2) is 7.02. The highest BCUT2D eigenvalue weighted by atomic mass is 28.4. The van der Waals surface area contributed by atoms with E-state index >= 15 is 0 Å². The predicted molar refractivity (Wildman–Crippen MR) is 102 cm³/mol. The maximum Gasteiger partial charge on any atom is 0.227 e. The molecule has 1 atom stereocenters. The van der Waals surface area contributed by atoms with E-state index in [1.165, 1.54) is 12.6 Å². The molecule has 0 aromatic heterocycles. The first-order valence-electron chi connectivity index (χ1n) is 7.55. The Balaban J connectivity index is 4.81. The molecular formula is C14H37N3Si3. The van der Waals surface area contributed by atoms with Crippen LogP contribution in [-0.4, -0.2) is 73.0 Å². The molecule has 0 heterocycles. The van der Waals surface area contributed by atoms with E-state index in [0.717, 1.165) is 0 Å². The van der Waals surface area contributed by atoms with Crippen molar-refractivity contribution < 1.29 is 0 Å². The zero-order valence-electron chi connectivity index (χ0n) is 15.5. The molecule has 120 valence electrons. The maximum absolute atomic E-state index is 4.08. The lowest BCUT2D eigenvalue weighted by molar-refractivity contribution is 0.454. The molecular weight excluding hydrogens is 294 g/mol. The first-order chi connectivity index (χ1) is 8.79. The summed E-state index contributed by atoms with van der Waals surface area (Å²) in [5, 5.41) is 0. The Labute approximate surface area is 131 Å². The lowest BCUT2D eigenvalue weighted by Crippen LogP contribution is -2.62. The van der Waals surface area contributed by atoms with Gasteiger partial charge in [-0.25, -0.2) is 0 Å². The van der Waals surface area contributed by atoms with Crippen molar-refractivity contribution >= 4 is 24.9 Å². The van der Waals surface area contributed by atoms with Crippen LogP contribution in [0.25, 0.3) is 0 Å². The van der Waals surface area contributed by atoms with Crippen molar-refractivity contribution in [3.05, 3.63) is 12.3 Å². The second-order valence-electron chi connectivity index (χ2n) is 7.91. The Morgan fingerprint density at radius 3 is 1.65 bits per heavy atom. The smallest absolute Gasteiger partial charge is 0.227 e.